The summed E-state index contributed by atoms with van der Waals surface area (Å²) in [5, 5.41) is 28.5. The van der Waals surface area contributed by atoms with E-state index in [1.807, 2.05) is 0 Å². The molecule has 0 atom stereocenters. The van der Waals surface area contributed by atoms with E-state index >= 15 is 0 Å². The Morgan fingerprint density at radius 2 is 1.60 bits per heavy atom. The molecule has 0 spiro atoms. The van der Waals surface area contributed by atoms with Gasteiger partial charge in [0.05, 0.1) is 11.1 Å². The van der Waals surface area contributed by atoms with Crippen LogP contribution in [0, 0.1) is 11.6 Å². The van der Waals surface area contributed by atoms with Gasteiger partial charge in [0.25, 0.3) is 0 Å². The first-order chi connectivity index (χ1) is 14.2. The second kappa shape index (κ2) is 6.66. The molecule has 1 aliphatic carbocycles. The first-order valence-electron chi connectivity index (χ1n) is 8.37. The lowest BCUT2D eigenvalue weighted by Crippen LogP contribution is -2.08. The third-order valence-electron chi connectivity index (χ3n) is 4.61. The lowest BCUT2D eigenvalue weighted by atomic mass is 9.89. The number of rotatable bonds is 3. The van der Waals surface area contributed by atoms with Crippen LogP contribution in [0.4, 0.5) is 8.78 Å². The minimum atomic E-state index is -1.41. The standard InChI is InChI=1S/C21H10F2O7/c22-13-4-11-17(6-15(13)24)30-18-7-16(25)14(23)5-12(18)19(11)10-3-8(20(26)27)1-2-9(10)21(28)29/h1-7,24H,(H,26,27)(H,28,29). The molecule has 0 saturated carbocycles. The number of aromatic carboxylic acids is 2. The van der Waals surface area contributed by atoms with Crippen molar-refractivity contribution in [1.82, 2.24) is 0 Å². The lowest BCUT2D eigenvalue weighted by molar-refractivity contribution is 0.0682. The maximum absolute atomic E-state index is 14.1. The van der Waals surface area contributed by atoms with E-state index < -0.39 is 34.8 Å². The molecule has 2 aliphatic rings. The average Bonchev–Trinajstić information content (AvgIpc) is 2.68. The van der Waals surface area contributed by atoms with Crippen LogP contribution in [0.25, 0.3) is 33.4 Å². The molecule has 7 nitrogen and oxygen atoms in total. The number of aromatic hydroxyl groups is 1. The number of carbonyl (C=O) groups is 2. The summed E-state index contributed by atoms with van der Waals surface area (Å²) in [5.74, 6) is -5.91. The van der Waals surface area contributed by atoms with Crippen molar-refractivity contribution in [2.24, 2.45) is 0 Å². The summed E-state index contributed by atoms with van der Waals surface area (Å²) in [4.78, 5) is 35.0. The normalized spacial score (nSPS) is 11.1. The molecule has 3 N–H and O–H groups in total. The topological polar surface area (TPSA) is 125 Å². The predicted octanol–water partition coefficient (Wildman–Crippen LogP) is 3.95. The van der Waals surface area contributed by atoms with E-state index in [1.165, 1.54) is 0 Å². The summed E-state index contributed by atoms with van der Waals surface area (Å²) in [7, 11) is 0. The first-order valence-corrected chi connectivity index (χ1v) is 8.37. The zero-order chi connectivity index (χ0) is 21.7. The highest BCUT2D eigenvalue weighted by atomic mass is 19.1. The van der Waals surface area contributed by atoms with Crippen molar-refractivity contribution < 1.29 is 38.1 Å². The van der Waals surface area contributed by atoms with Crippen LogP contribution in [0.2, 0.25) is 0 Å². The van der Waals surface area contributed by atoms with Gasteiger partial charge >= 0.3 is 11.9 Å². The predicted molar refractivity (Wildman–Crippen MR) is 100 cm³/mol. The van der Waals surface area contributed by atoms with Gasteiger partial charge in [0.2, 0.25) is 5.43 Å². The molecule has 1 aliphatic heterocycles. The summed E-state index contributed by atoms with van der Waals surface area (Å²) in [6, 6.07) is 6.59. The zero-order valence-electron chi connectivity index (χ0n) is 14.8. The highest BCUT2D eigenvalue weighted by molar-refractivity contribution is 6.08. The number of carboxylic acids is 2. The largest absolute Gasteiger partial charge is 0.505 e. The van der Waals surface area contributed by atoms with Crippen LogP contribution in [0.1, 0.15) is 20.7 Å². The smallest absolute Gasteiger partial charge is 0.336 e. The number of hydrogen-bond donors (Lipinski definition) is 3. The van der Waals surface area contributed by atoms with Crippen molar-refractivity contribution in [1.29, 1.82) is 0 Å². The number of fused-ring (bicyclic) bond motifs is 2. The van der Waals surface area contributed by atoms with Gasteiger partial charge in [0, 0.05) is 28.6 Å². The minimum absolute atomic E-state index is 0.0547. The number of phenolic OH excluding ortho intramolecular Hbond substituents is 1. The van der Waals surface area contributed by atoms with Gasteiger partial charge in [-0.15, -0.1) is 0 Å². The molecule has 0 aromatic heterocycles. The van der Waals surface area contributed by atoms with E-state index in [9.17, 15) is 38.5 Å². The van der Waals surface area contributed by atoms with Crippen LogP contribution in [0.15, 0.2) is 51.7 Å². The fourth-order valence-electron chi connectivity index (χ4n) is 3.26. The SMILES string of the molecule is O=C(O)c1ccc(C(=O)O)c(-c2c3cc(F)c(=O)cc-3oc3cc(O)c(F)cc23)c1. The number of phenols is 1. The molecule has 30 heavy (non-hydrogen) atoms. The Morgan fingerprint density at radius 1 is 0.867 bits per heavy atom. The summed E-state index contributed by atoms with van der Waals surface area (Å²) in [6.45, 7) is 0. The van der Waals surface area contributed by atoms with Crippen molar-refractivity contribution in [2.45, 2.75) is 0 Å². The van der Waals surface area contributed by atoms with Crippen molar-refractivity contribution in [3.63, 3.8) is 0 Å². The number of benzene rings is 3. The highest BCUT2D eigenvalue weighted by Crippen LogP contribution is 2.43. The lowest BCUT2D eigenvalue weighted by Gasteiger charge is -2.17. The number of hydrogen-bond acceptors (Lipinski definition) is 5. The van der Waals surface area contributed by atoms with Gasteiger partial charge in [0.15, 0.2) is 17.4 Å². The summed E-state index contributed by atoms with van der Waals surface area (Å²) in [5.41, 5.74) is -2.03. The van der Waals surface area contributed by atoms with Gasteiger partial charge < -0.3 is 19.7 Å². The maximum atomic E-state index is 14.1. The molecule has 4 rings (SSSR count). The van der Waals surface area contributed by atoms with E-state index in [1.54, 1.807) is 0 Å². The Hall–Kier alpha value is -4.27. The van der Waals surface area contributed by atoms with Crippen LogP contribution in [0.5, 0.6) is 5.75 Å². The van der Waals surface area contributed by atoms with Gasteiger partial charge in [-0.3, -0.25) is 4.79 Å². The molecule has 150 valence electrons. The molecular weight excluding hydrogens is 402 g/mol. The second-order valence-corrected chi connectivity index (χ2v) is 6.43. The highest BCUT2D eigenvalue weighted by Gasteiger charge is 2.25. The van der Waals surface area contributed by atoms with Crippen LogP contribution < -0.4 is 5.43 Å². The zero-order valence-corrected chi connectivity index (χ0v) is 14.8. The molecule has 0 fully saturated rings. The monoisotopic (exact) mass is 412 g/mol. The van der Waals surface area contributed by atoms with E-state index in [0.29, 0.717) is 0 Å². The second-order valence-electron chi connectivity index (χ2n) is 6.43. The Kier molecular flexibility index (Phi) is 4.23. The maximum Gasteiger partial charge on any atom is 0.336 e. The fourth-order valence-corrected chi connectivity index (χ4v) is 3.26. The van der Waals surface area contributed by atoms with Crippen LogP contribution in [-0.2, 0) is 0 Å². The molecule has 0 saturated heterocycles. The van der Waals surface area contributed by atoms with E-state index in [0.717, 1.165) is 42.5 Å². The Labute approximate surface area is 165 Å². The molecule has 1 heterocycles. The Morgan fingerprint density at radius 3 is 2.27 bits per heavy atom. The molecule has 2 aromatic rings. The molecular formula is C21H10F2O7. The summed E-state index contributed by atoms with van der Waals surface area (Å²) >= 11 is 0. The fraction of sp³-hybridized carbons (Fsp3) is 0. The van der Waals surface area contributed by atoms with E-state index in [-0.39, 0.29) is 44.5 Å². The average molecular weight is 412 g/mol. The van der Waals surface area contributed by atoms with E-state index in [2.05, 4.69) is 0 Å². The molecule has 0 amide bonds. The van der Waals surface area contributed by atoms with Crippen molar-refractivity contribution in [2.75, 3.05) is 0 Å². The summed E-state index contributed by atoms with van der Waals surface area (Å²) < 4.78 is 33.7. The van der Waals surface area contributed by atoms with Crippen LogP contribution >= 0.6 is 0 Å². The van der Waals surface area contributed by atoms with Crippen molar-refractivity contribution >= 4 is 22.9 Å². The van der Waals surface area contributed by atoms with Gasteiger partial charge in [-0.2, -0.15) is 0 Å². The van der Waals surface area contributed by atoms with Crippen molar-refractivity contribution in [3.8, 4) is 28.2 Å². The van der Waals surface area contributed by atoms with Crippen LogP contribution in [0.3, 0.4) is 0 Å². The number of carboxylic acid groups (broad SMARTS) is 2. The van der Waals surface area contributed by atoms with Gasteiger partial charge in [0.1, 0.15) is 11.3 Å². The van der Waals surface area contributed by atoms with Gasteiger partial charge in [-0.1, -0.05) is 0 Å². The van der Waals surface area contributed by atoms with Crippen LogP contribution in [-0.4, -0.2) is 27.3 Å². The molecule has 2 aromatic carbocycles. The first kappa shape index (κ1) is 19.1. The third-order valence-corrected chi connectivity index (χ3v) is 4.61. The van der Waals surface area contributed by atoms with Gasteiger partial charge in [-0.25, -0.2) is 18.4 Å². The Balaban J connectivity index is 2.27. The molecule has 0 radical (unpaired) electrons. The Bertz CT molecular complexity index is 1400. The third kappa shape index (κ3) is 2.93. The van der Waals surface area contributed by atoms with E-state index in [4.69, 9.17) is 4.42 Å². The van der Waals surface area contributed by atoms with Crippen molar-refractivity contribution in [3.05, 3.63) is 75.4 Å². The molecule has 9 heteroatoms. The van der Waals surface area contributed by atoms with Gasteiger partial charge in [-0.05, 0) is 35.9 Å². The molecule has 0 unspecified atom stereocenters. The minimum Gasteiger partial charge on any atom is -0.505 e. The molecule has 0 bridgehead atoms. The number of halogens is 2. The summed E-state index contributed by atoms with van der Waals surface area (Å²) in [6.07, 6.45) is 0. The quantitative estimate of drug-likeness (QED) is 0.435.